The van der Waals surface area contributed by atoms with Crippen LogP contribution in [0.25, 0.3) is 22.4 Å². The highest BCUT2D eigenvalue weighted by molar-refractivity contribution is 5.73. The van der Waals surface area contributed by atoms with Gasteiger partial charge in [0.25, 0.3) is 0 Å². The van der Waals surface area contributed by atoms with E-state index in [-0.39, 0.29) is 24.2 Å². The molecule has 0 bridgehead atoms. The summed E-state index contributed by atoms with van der Waals surface area (Å²) in [4.78, 5) is 8.29. The minimum absolute atomic E-state index is 0.160. The lowest BCUT2D eigenvalue weighted by molar-refractivity contribution is -0.274. The molecule has 0 aliphatic carbocycles. The Hall–Kier alpha value is -4.15. The summed E-state index contributed by atoms with van der Waals surface area (Å²) in [5.74, 6) is 0.0516. The topological polar surface area (TPSA) is 84.2 Å². The highest BCUT2D eigenvalue weighted by atomic mass is 19.4. The third-order valence-corrected chi connectivity index (χ3v) is 4.97. The highest BCUT2D eigenvalue weighted by Gasteiger charge is 2.32. The van der Waals surface area contributed by atoms with E-state index in [1.165, 1.54) is 32.5 Å². The Bertz CT molecular complexity index is 1310. The third-order valence-electron chi connectivity index (χ3n) is 4.97. The molecule has 0 atom stereocenters. The molecular weight excluding hydrogens is 451 g/mol. The van der Waals surface area contributed by atoms with Crippen molar-refractivity contribution in [2.24, 2.45) is 0 Å². The molecule has 3 heterocycles. The maximum atomic E-state index is 12.7. The van der Waals surface area contributed by atoms with Crippen LogP contribution in [0.4, 0.5) is 13.2 Å². The summed E-state index contributed by atoms with van der Waals surface area (Å²) in [6, 6.07) is 9.88. The molecule has 0 amide bonds. The molecule has 0 aliphatic rings. The quantitative estimate of drug-likeness (QED) is 0.387. The van der Waals surface area contributed by atoms with Gasteiger partial charge < -0.3 is 18.8 Å². The second-order valence-electron chi connectivity index (χ2n) is 7.24. The summed E-state index contributed by atoms with van der Waals surface area (Å²) in [7, 11) is 2.94. The van der Waals surface area contributed by atoms with E-state index in [0.717, 1.165) is 11.1 Å². The van der Waals surface area contributed by atoms with Gasteiger partial charge in [0.05, 0.1) is 32.0 Å². The van der Waals surface area contributed by atoms with Crippen molar-refractivity contribution < 1.29 is 27.4 Å². The van der Waals surface area contributed by atoms with Crippen LogP contribution < -0.4 is 14.2 Å². The van der Waals surface area contributed by atoms with Gasteiger partial charge in [-0.1, -0.05) is 18.2 Å². The van der Waals surface area contributed by atoms with Crippen LogP contribution in [0.1, 0.15) is 11.3 Å². The Labute approximate surface area is 193 Å². The zero-order valence-corrected chi connectivity index (χ0v) is 18.5. The number of aryl methyl sites for hydroxylation is 1. The number of ether oxygens (including phenoxy) is 3. The Morgan fingerprint density at radius 1 is 1.00 bits per heavy atom. The number of benzene rings is 1. The van der Waals surface area contributed by atoms with Crippen molar-refractivity contribution in [2.75, 3.05) is 14.2 Å². The van der Waals surface area contributed by atoms with Crippen LogP contribution in [0.2, 0.25) is 0 Å². The van der Waals surface area contributed by atoms with Crippen LogP contribution in [-0.2, 0) is 6.54 Å². The lowest BCUT2D eigenvalue weighted by Gasteiger charge is -2.13. The molecule has 0 unspecified atom stereocenters. The minimum Gasteiger partial charge on any atom is -0.480 e. The van der Waals surface area contributed by atoms with Crippen molar-refractivity contribution in [1.29, 1.82) is 0 Å². The number of nitrogens with zero attached hydrogens (tertiary/aromatic N) is 5. The van der Waals surface area contributed by atoms with Crippen molar-refractivity contribution in [2.45, 2.75) is 19.8 Å². The first kappa shape index (κ1) is 23.0. The Morgan fingerprint density at radius 3 is 2.53 bits per heavy atom. The molecule has 4 rings (SSSR count). The van der Waals surface area contributed by atoms with Crippen LogP contribution in [0, 0.1) is 6.92 Å². The average molecular weight is 471 g/mol. The molecule has 3 aromatic heterocycles. The molecule has 0 radical (unpaired) electrons. The SMILES string of the molecule is COc1ncc(-c2cc(-c3ccn(Cc4ccccc4OC(F)(F)F)c3)c(C)nn2)c(OC)n1. The van der Waals surface area contributed by atoms with Crippen molar-refractivity contribution in [3.05, 3.63) is 66.2 Å². The molecular formula is C23H20F3N5O3. The number of rotatable bonds is 7. The third kappa shape index (κ3) is 5.08. The molecule has 34 heavy (non-hydrogen) atoms. The summed E-state index contributed by atoms with van der Waals surface area (Å²) in [6.45, 7) is 2.01. The first-order valence-corrected chi connectivity index (χ1v) is 10.1. The van der Waals surface area contributed by atoms with Crippen molar-refractivity contribution >= 4 is 0 Å². The summed E-state index contributed by atoms with van der Waals surface area (Å²) in [5, 5.41) is 8.49. The number of halogens is 3. The fourth-order valence-electron chi connectivity index (χ4n) is 3.41. The zero-order valence-electron chi connectivity index (χ0n) is 18.5. The smallest absolute Gasteiger partial charge is 0.480 e. The lowest BCUT2D eigenvalue weighted by Crippen LogP contribution is -2.18. The van der Waals surface area contributed by atoms with Gasteiger partial charge in [0.2, 0.25) is 5.88 Å². The monoisotopic (exact) mass is 471 g/mol. The number of para-hydroxylation sites is 1. The average Bonchev–Trinajstić information content (AvgIpc) is 3.27. The van der Waals surface area contributed by atoms with Gasteiger partial charge in [-0.3, -0.25) is 0 Å². The molecule has 8 nitrogen and oxygen atoms in total. The van der Waals surface area contributed by atoms with E-state index in [9.17, 15) is 13.2 Å². The Kier molecular flexibility index (Phi) is 6.35. The van der Waals surface area contributed by atoms with E-state index in [1.807, 2.05) is 25.3 Å². The van der Waals surface area contributed by atoms with Crippen LogP contribution in [0.15, 0.2) is 55.0 Å². The Morgan fingerprint density at radius 2 is 1.79 bits per heavy atom. The fraction of sp³-hybridized carbons (Fsp3) is 0.217. The first-order valence-electron chi connectivity index (χ1n) is 10.1. The Balaban J connectivity index is 1.64. The van der Waals surface area contributed by atoms with E-state index >= 15 is 0 Å². The van der Waals surface area contributed by atoms with E-state index < -0.39 is 6.36 Å². The normalized spacial score (nSPS) is 11.4. The van der Waals surface area contributed by atoms with Gasteiger partial charge in [-0.2, -0.15) is 10.1 Å². The largest absolute Gasteiger partial charge is 0.573 e. The number of methoxy groups -OCH3 is 2. The number of hydrogen-bond acceptors (Lipinski definition) is 7. The maximum Gasteiger partial charge on any atom is 0.573 e. The molecule has 11 heteroatoms. The van der Waals surface area contributed by atoms with Crippen molar-refractivity contribution in [3.8, 4) is 40.0 Å². The van der Waals surface area contributed by atoms with Crippen LogP contribution in [0.5, 0.6) is 17.6 Å². The number of hydrogen-bond donors (Lipinski definition) is 0. The molecule has 176 valence electrons. The number of aromatic nitrogens is 5. The van der Waals surface area contributed by atoms with Crippen LogP contribution in [0.3, 0.4) is 0 Å². The highest BCUT2D eigenvalue weighted by Crippen LogP contribution is 2.32. The summed E-state index contributed by atoms with van der Waals surface area (Å²) >= 11 is 0. The van der Waals surface area contributed by atoms with Gasteiger partial charge in [-0.05, 0) is 25.1 Å². The van der Waals surface area contributed by atoms with Gasteiger partial charge in [0.1, 0.15) is 11.4 Å². The summed E-state index contributed by atoms with van der Waals surface area (Å²) in [6.07, 6.45) is 0.368. The molecule has 0 N–H and O–H groups in total. The predicted molar refractivity (Wildman–Crippen MR) is 117 cm³/mol. The standard InChI is InChI=1S/C23H20F3N5O3/c1-14-17(10-19(30-29-14)18-11-27-22(33-3)28-21(18)32-2)15-8-9-31(12-15)13-16-6-4-5-7-20(16)34-23(24,25)26/h4-12H,13H2,1-3H3. The molecule has 4 aromatic rings. The van der Waals surface area contributed by atoms with E-state index in [1.54, 1.807) is 22.9 Å². The molecule has 1 aromatic carbocycles. The maximum absolute atomic E-state index is 12.7. The lowest BCUT2D eigenvalue weighted by atomic mass is 10.1. The van der Waals surface area contributed by atoms with Crippen LogP contribution in [-0.4, -0.2) is 45.3 Å². The molecule has 0 saturated carbocycles. The van der Waals surface area contributed by atoms with E-state index in [0.29, 0.717) is 22.5 Å². The summed E-state index contributed by atoms with van der Waals surface area (Å²) in [5.41, 5.74) is 3.72. The van der Waals surface area contributed by atoms with Crippen LogP contribution >= 0.6 is 0 Å². The fourth-order valence-corrected chi connectivity index (χ4v) is 3.41. The predicted octanol–water partition coefficient (Wildman–Crippen LogP) is 4.67. The minimum atomic E-state index is -4.76. The second-order valence-corrected chi connectivity index (χ2v) is 7.24. The molecule has 0 spiro atoms. The van der Waals surface area contributed by atoms with Gasteiger partial charge in [0, 0.05) is 35.3 Å². The van der Waals surface area contributed by atoms with E-state index in [4.69, 9.17) is 9.47 Å². The molecule has 0 aliphatic heterocycles. The zero-order chi connectivity index (χ0) is 24.3. The van der Waals surface area contributed by atoms with E-state index in [2.05, 4.69) is 24.9 Å². The van der Waals surface area contributed by atoms with Gasteiger partial charge in [-0.25, -0.2) is 4.98 Å². The van der Waals surface area contributed by atoms with Gasteiger partial charge in [0.15, 0.2) is 0 Å². The van der Waals surface area contributed by atoms with Crippen molar-refractivity contribution in [3.63, 3.8) is 0 Å². The van der Waals surface area contributed by atoms with Gasteiger partial charge >= 0.3 is 12.4 Å². The molecule has 0 saturated heterocycles. The van der Waals surface area contributed by atoms with Gasteiger partial charge in [-0.15, -0.1) is 18.3 Å². The first-order chi connectivity index (χ1) is 16.3. The van der Waals surface area contributed by atoms with Crippen molar-refractivity contribution in [1.82, 2.24) is 24.7 Å². The number of alkyl halides is 3. The summed E-state index contributed by atoms with van der Waals surface area (Å²) < 4.78 is 54.5. The second kappa shape index (κ2) is 9.38. The molecule has 0 fully saturated rings.